The number of fused-ring (bicyclic) bond motifs is 1. The molecular weight excluding hydrogens is 263 g/mol. The van der Waals surface area contributed by atoms with Crippen molar-refractivity contribution in [1.29, 1.82) is 0 Å². The van der Waals surface area contributed by atoms with Gasteiger partial charge in [0.05, 0.1) is 13.3 Å². The molecular formula is C14H11FN2O3. The van der Waals surface area contributed by atoms with E-state index in [0.29, 0.717) is 22.9 Å². The van der Waals surface area contributed by atoms with E-state index >= 15 is 0 Å². The van der Waals surface area contributed by atoms with Gasteiger partial charge in [-0.1, -0.05) is 6.07 Å². The number of hydrogen-bond acceptors (Lipinski definition) is 5. The van der Waals surface area contributed by atoms with Gasteiger partial charge in [0, 0.05) is 12.1 Å². The molecule has 3 rings (SSSR count). The third-order valence-corrected chi connectivity index (χ3v) is 2.66. The molecule has 2 heterocycles. The molecule has 0 saturated heterocycles. The number of benzene rings is 1. The third kappa shape index (κ3) is 2.54. The van der Waals surface area contributed by atoms with Crippen molar-refractivity contribution in [2.24, 2.45) is 0 Å². The van der Waals surface area contributed by atoms with Crippen LogP contribution >= 0.6 is 0 Å². The Balaban J connectivity index is 1.76. The van der Waals surface area contributed by atoms with Crippen molar-refractivity contribution >= 4 is 11.2 Å². The molecule has 0 amide bonds. The number of rotatable bonds is 4. The molecule has 0 aliphatic heterocycles. The number of methoxy groups -OCH3 is 1. The summed E-state index contributed by atoms with van der Waals surface area (Å²) in [4.78, 5) is 7.91. The predicted molar refractivity (Wildman–Crippen MR) is 69.1 cm³/mol. The Bertz CT molecular complexity index is 742. The molecule has 0 radical (unpaired) electrons. The normalized spacial score (nSPS) is 10.7. The van der Waals surface area contributed by atoms with Gasteiger partial charge in [0.2, 0.25) is 11.6 Å². The van der Waals surface area contributed by atoms with E-state index in [1.54, 1.807) is 19.2 Å². The molecule has 0 fully saturated rings. The second kappa shape index (κ2) is 5.16. The van der Waals surface area contributed by atoms with E-state index in [4.69, 9.17) is 13.9 Å². The zero-order chi connectivity index (χ0) is 13.9. The summed E-state index contributed by atoms with van der Waals surface area (Å²) in [6.07, 6.45) is 1.08. The highest BCUT2D eigenvalue weighted by atomic mass is 19.1. The molecule has 2 aromatic heterocycles. The number of ether oxygens (including phenoxy) is 2. The van der Waals surface area contributed by atoms with Crippen molar-refractivity contribution in [1.82, 2.24) is 9.97 Å². The van der Waals surface area contributed by atoms with Crippen molar-refractivity contribution in [2.75, 3.05) is 7.11 Å². The van der Waals surface area contributed by atoms with Crippen molar-refractivity contribution in [3.8, 4) is 11.5 Å². The molecule has 20 heavy (non-hydrogen) atoms. The molecule has 0 N–H and O–H groups in total. The summed E-state index contributed by atoms with van der Waals surface area (Å²) in [5, 5.41) is 0. The summed E-state index contributed by atoms with van der Waals surface area (Å²) in [6.45, 7) is 0.130. The molecule has 6 heteroatoms. The SMILES string of the molecule is COc1cccc(OCc2nc3cc(F)cnc3o2)c1. The number of nitrogens with zero attached hydrogens (tertiary/aromatic N) is 2. The van der Waals surface area contributed by atoms with Gasteiger partial charge in [0.15, 0.2) is 6.61 Å². The average Bonchev–Trinajstić information content (AvgIpc) is 2.87. The third-order valence-electron chi connectivity index (χ3n) is 2.66. The lowest BCUT2D eigenvalue weighted by Gasteiger charge is -2.05. The van der Waals surface area contributed by atoms with Crippen LogP contribution in [0.2, 0.25) is 0 Å². The van der Waals surface area contributed by atoms with Crippen LogP contribution in [0.15, 0.2) is 40.9 Å². The minimum atomic E-state index is -0.453. The minimum Gasteiger partial charge on any atom is -0.497 e. The first-order valence-corrected chi connectivity index (χ1v) is 5.92. The van der Waals surface area contributed by atoms with Gasteiger partial charge in [-0.05, 0) is 12.1 Å². The Hall–Kier alpha value is -2.63. The van der Waals surface area contributed by atoms with Crippen LogP contribution in [0, 0.1) is 5.82 Å². The maximum atomic E-state index is 13.0. The first-order chi connectivity index (χ1) is 9.74. The minimum absolute atomic E-state index is 0.130. The molecule has 1 aromatic carbocycles. The number of hydrogen-bond donors (Lipinski definition) is 0. The fourth-order valence-electron chi connectivity index (χ4n) is 1.74. The summed E-state index contributed by atoms with van der Waals surface area (Å²) in [5.74, 6) is 1.21. The van der Waals surface area contributed by atoms with Crippen LogP contribution in [0.4, 0.5) is 4.39 Å². The van der Waals surface area contributed by atoms with Gasteiger partial charge in [-0.3, -0.25) is 0 Å². The second-order valence-electron chi connectivity index (χ2n) is 4.05. The zero-order valence-electron chi connectivity index (χ0n) is 10.7. The van der Waals surface area contributed by atoms with Crippen LogP contribution in [0.5, 0.6) is 11.5 Å². The molecule has 0 spiro atoms. The van der Waals surface area contributed by atoms with Crippen LogP contribution in [-0.2, 0) is 6.61 Å². The zero-order valence-corrected chi connectivity index (χ0v) is 10.7. The Morgan fingerprint density at radius 3 is 2.95 bits per heavy atom. The van der Waals surface area contributed by atoms with Gasteiger partial charge in [-0.2, -0.15) is 0 Å². The van der Waals surface area contributed by atoms with Gasteiger partial charge in [0.1, 0.15) is 22.8 Å². The lowest BCUT2D eigenvalue weighted by Crippen LogP contribution is -1.95. The standard InChI is InChI=1S/C14H11FN2O3/c1-18-10-3-2-4-11(6-10)19-8-13-17-12-5-9(15)7-16-14(12)20-13/h2-7H,8H2,1H3. The van der Waals surface area contributed by atoms with E-state index in [-0.39, 0.29) is 12.3 Å². The largest absolute Gasteiger partial charge is 0.497 e. The Morgan fingerprint density at radius 2 is 2.10 bits per heavy atom. The van der Waals surface area contributed by atoms with Crippen LogP contribution in [0.1, 0.15) is 5.89 Å². The summed E-state index contributed by atoms with van der Waals surface area (Å²) in [7, 11) is 1.58. The highest BCUT2D eigenvalue weighted by Gasteiger charge is 2.08. The van der Waals surface area contributed by atoms with Crippen LogP contribution in [0.3, 0.4) is 0 Å². The number of aromatic nitrogens is 2. The van der Waals surface area contributed by atoms with Crippen molar-refractivity contribution in [3.05, 3.63) is 48.2 Å². The van der Waals surface area contributed by atoms with Gasteiger partial charge in [-0.15, -0.1) is 0 Å². The molecule has 0 bridgehead atoms. The summed E-state index contributed by atoms with van der Waals surface area (Å²) in [5.41, 5.74) is 0.657. The number of oxazole rings is 1. The maximum absolute atomic E-state index is 13.0. The Morgan fingerprint density at radius 1 is 1.25 bits per heavy atom. The molecule has 0 saturated carbocycles. The van der Waals surface area contributed by atoms with E-state index in [1.807, 2.05) is 12.1 Å². The molecule has 3 aromatic rings. The van der Waals surface area contributed by atoms with E-state index in [2.05, 4.69) is 9.97 Å². The first kappa shape index (κ1) is 12.4. The quantitative estimate of drug-likeness (QED) is 0.732. The Kier molecular flexibility index (Phi) is 3.20. The monoisotopic (exact) mass is 274 g/mol. The van der Waals surface area contributed by atoms with E-state index in [1.165, 1.54) is 6.07 Å². The van der Waals surface area contributed by atoms with Crippen molar-refractivity contribution in [3.63, 3.8) is 0 Å². The number of pyridine rings is 1. The van der Waals surface area contributed by atoms with Crippen molar-refractivity contribution < 1.29 is 18.3 Å². The van der Waals surface area contributed by atoms with Gasteiger partial charge >= 0.3 is 0 Å². The summed E-state index contributed by atoms with van der Waals surface area (Å²) >= 11 is 0. The van der Waals surface area contributed by atoms with Crippen LogP contribution in [0.25, 0.3) is 11.2 Å². The molecule has 0 unspecified atom stereocenters. The van der Waals surface area contributed by atoms with Gasteiger partial charge < -0.3 is 13.9 Å². The first-order valence-electron chi connectivity index (χ1n) is 5.92. The smallest absolute Gasteiger partial charge is 0.247 e. The highest BCUT2D eigenvalue weighted by molar-refractivity contribution is 5.67. The van der Waals surface area contributed by atoms with E-state index in [9.17, 15) is 4.39 Å². The van der Waals surface area contributed by atoms with Crippen molar-refractivity contribution in [2.45, 2.75) is 6.61 Å². The predicted octanol–water partition coefficient (Wildman–Crippen LogP) is 2.95. The number of halogens is 1. The lowest BCUT2D eigenvalue weighted by atomic mass is 10.3. The van der Waals surface area contributed by atoms with E-state index < -0.39 is 5.82 Å². The van der Waals surface area contributed by atoms with Crippen LogP contribution in [-0.4, -0.2) is 17.1 Å². The maximum Gasteiger partial charge on any atom is 0.247 e. The van der Waals surface area contributed by atoms with E-state index in [0.717, 1.165) is 6.20 Å². The Labute approximate surface area is 114 Å². The lowest BCUT2D eigenvalue weighted by molar-refractivity contribution is 0.265. The van der Waals surface area contributed by atoms with Crippen LogP contribution < -0.4 is 9.47 Å². The van der Waals surface area contributed by atoms with Gasteiger partial charge in [0.25, 0.3) is 0 Å². The fraction of sp³-hybridized carbons (Fsp3) is 0.143. The molecule has 0 aliphatic carbocycles. The van der Waals surface area contributed by atoms with Gasteiger partial charge in [-0.25, -0.2) is 14.4 Å². The topological polar surface area (TPSA) is 57.4 Å². The molecule has 0 aliphatic rings. The summed E-state index contributed by atoms with van der Waals surface area (Å²) in [6, 6.07) is 8.45. The summed E-state index contributed by atoms with van der Waals surface area (Å²) < 4.78 is 29.0. The average molecular weight is 274 g/mol. The molecule has 5 nitrogen and oxygen atoms in total. The fourth-order valence-corrected chi connectivity index (χ4v) is 1.74. The molecule has 0 atom stereocenters. The highest BCUT2D eigenvalue weighted by Crippen LogP contribution is 2.20. The second-order valence-corrected chi connectivity index (χ2v) is 4.05. The molecule has 102 valence electrons.